The molecule has 0 N–H and O–H groups in total. The van der Waals surface area contributed by atoms with E-state index in [-0.39, 0.29) is 5.91 Å². The number of piperidine rings is 1. The van der Waals surface area contributed by atoms with Crippen molar-refractivity contribution in [1.82, 2.24) is 9.80 Å². The van der Waals surface area contributed by atoms with E-state index in [1.165, 1.54) is 17.9 Å². The molecule has 0 bridgehead atoms. The summed E-state index contributed by atoms with van der Waals surface area (Å²) < 4.78 is 0.928. The van der Waals surface area contributed by atoms with Crippen molar-refractivity contribution in [3.05, 3.63) is 20.8 Å². The number of rotatable bonds is 5. The Morgan fingerprint density at radius 1 is 1.40 bits per heavy atom. The molecule has 2 heterocycles. The first-order chi connectivity index (χ1) is 9.65. The van der Waals surface area contributed by atoms with Gasteiger partial charge < -0.3 is 9.80 Å². The fourth-order valence-corrected chi connectivity index (χ4v) is 4.26. The molecule has 1 aromatic heterocycles. The van der Waals surface area contributed by atoms with Gasteiger partial charge in [-0.3, -0.25) is 4.79 Å². The molecule has 1 aliphatic rings. The lowest BCUT2D eigenvalue weighted by molar-refractivity contribution is 0.0673. The van der Waals surface area contributed by atoms with Crippen molar-refractivity contribution in [1.29, 1.82) is 0 Å². The minimum atomic E-state index is 0.188. The summed E-state index contributed by atoms with van der Waals surface area (Å²) in [5, 5.41) is 1.96. The van der Waals surface area contributed by atoms with Crippen LogP contribution >= 0.6 is 27.3 Å². The Labute approximate surface area is 134 Å². The number of hydrogen-bond acceptors (Lipinski definition) is 3. The van der Waals surface area contributed by atoms with Crippen molar-refractivity contribution < 1.29 is 4.79 Å². The molecule has 20 heavy (non-hydrogen) atoms. The average Bonchev–Trinajstić information content (AvgIpc) is 2.91. The third-order valence-corrected chi connectivity index (χ3v) is 5.95. The average molecular weight is 359 g/mol. The zero-order chi connectivity index (χ0) is 14.5. The fraction of sp³-hybridized carbons (Fsp3) is 0.667. The van der Waals surface area contributed by atoms with Crippen LogP contribution in [0.4, 0.5) is 0 Å². The maximum absolute atomic E-state index is 12.4. The summed E-state index contributed by atoms with van der Waals surface area (Å²) in [7, 11) is 0. The highest BCUT2D eigenvalue weighted by Gasteiger charge is 2.26. The minimum Gasteiger partial charge on any atom is -0.338 e. The largest absolute Gasteiger partial charge is 0.338 e. The summed E-state index contributed by atoms with van der Waals surface area (Å²) >= 11 is 4.98. The van der Waals surface area contributed by atoms with Gasteiger partial charge in [0.25, 0.3) is 5.91 Å². The topological polar surface area (TPSA) is 23.6 Å². The zero-order valence-corrected chi connectivity index (χ0v) is 14.7. The second-order valence-corrected chi connectivity index (χ2v) is 7.09. The van der Waals surface area contributed by atoms with Crippen molar-refractivity contribution in [2.24, 2.45) is 5.92 Å². The van der Waals surface area contributed by atoms with Crippen molar-refractivity contribution in [3.63, 3.8) is 0 Å². The Morgan fingerprint density at radius 3 is 2.55 bits per heavy atom. The van der Waals surface area contributed by atoms with Crippen LogP contribution in [-0.2, 0) is 0 Å². The number of hydrogen-bond donors (Lipinski definition) is 0. The number of amides is 1. The molecule has 0 aliphatic carbocycles. The summed E-state index contributed by atoms with van der Waals surface area (Å²) in [4.78, 5) is 17.8. The Bertz CT molecular complexity index is 437. The van der Waals surface area contributed by atoms with Gasteiger partial charge in [0.05, 0.1) is 0 Å². The molecule has 0 aromatic carbocycles. The Morgan fingerprint density at radius 2 is 2.05 bits per heavy atom. The number of halogens is 1. The molecule has 5 heteroatoms. The highest BCUT2D eigenvalue weighted by molar-refractivity contribution is 9.10. The number of carbonyl (C=O) groups is 1. The molecular formula is C15H23BrN2OS. The molecule has 112 valence electrons. The van der Waals surface area contributed by atoms with Gasteiger partial charge in [-0.15, -0.1) is 11.3 Å². The minimum absolute atomic E-state index is 0.188. The summed E-state index contributed by atoms with van der Waals surface area (Å²) in [6, 6.07) is 1.95. The van der Waals surface area contributed by atoms with E-state index in [9.17, 15) is 4.79 Å². The van der Waals surface area contributed by atoms with Crippen LogP contribution in [-0.4, -0.2) is 48.4 Å². The molecule has 3 nitrogen and oxygen atoms in total. The van der Waals surface area contributed by atoms with E-state index in [1.807, 2.05) is 16.3 Å². The molecule has 0 atom stereocenters. The first-order valence-corrected chi connectivity index (χ1v) is 9.07. The highest BCUT2D eigenvalue weighted by atomic mass is 79.9. The normalized spacial score (nSPS) is 16.9. The van der Waals surface area contributed by atoms with Crippen LogP contribution in [0.2, 0.25) is 0 Å². The van der Waals surface area contributed by atoms with E-state index in [4.69, 9.17) is 0 Å². The second kappa shape index (κ2) is 7.57. The number of thiophene rings is 1. The van der Waals surface area contributed by atoms with Crippen molar-refractivity contribution in [3.8, 4) is 0 Å². The van der Waals surface area contributed by atoms with Crippen LogP contribution in [0.5, 0.6) is 0 Å². The number of carbonyl (C=O) groups excluding carboxylic acids is 1. The third-order valence-electron chi connectivity index (χ3n) is 4.12. The quantitative estimate of drug-likeness (QED) is 0.800. The first-order valence-electron chi connectivity index (χ1n) is 7.40. The van der Waals surface area contributed by atoms with Gasteiger partial charge in [0.2, 0.25) is 0 Å². The summed E-state index contributed by atoms with van der Waals surface area (Å²) in [6.45, 7) is 9.66. The lowest BCUT2D eigenvalue weighted by Crippen LogP contribution is -2.41. The predicted molar refractivity (Wildman–Crippen MR) is 88.4 cm³/mol. The molecule has 1 aromatic rings. The monoisotopic (exact) mass is 358 g/mol. The summed E-state index contributed by atoms with van der Waals surface area (Å²) in [5.74, 6) is 0.930. The van der Waals surface area contributed by atoms with E-state index in [0.29, 0.717) is 0 Å². The van der Waals surface area contributed by atoms with Crippen LogP contribution < -0.4 is 0 Å². The van der Waals surface area contributed by atoms with Crippen molar-refractivity contribution >= 4 is 33.2 Å². The zero-order valence-electron chi connectivity index (χ0n) is 12.3. The molecule has 0 radical (unpaired) electrons. The molecule has 0 saturated carbocycles. The Kier molecular flexibility index (Phi) is 6.05. The molecule has 0 spiro atoms. The molecule has 1 amide bonds. The van der Waals surface area contributed by atoms with Crippen LogP contribution in [0.3, 0.4) is 0 Å². The summed E-state index contributed by atoms with van der Waals surface area (Å²) in [5.41, 5.74) is 0. The summed E-state index contributed by atoms with van der Waals surface area (Å²) in [6.07, 6.45) is 2.26. The van der Waals surface area contributed by atoms with Gasteiger partial charge in [-0.25, -0.2) is 0 Å². The standard InChI is InChI=1S/C15H23BrN2OS/c1-3-17(4-2)11-12-5-8-18(9-6-12)15(19)14-13(16)7-10-20-14/h7,10,12H,3-6,8-9,11H2,1-2H3. The maximum Gasteiger partial charge on any atom is 0.265 e. The van der Waals surface area contributed by atoms with Crippen molar-refractivity contribution in [2.45, 2.75) is 26.7 Å². The predicted octanol–water partition coefficient (Wildman–Crippen LogP) is 3.70. The van der Waals surface area contributed by atoms with Gasteiger partial charge in [0.1, 0.15) is 4.88 Å². The molecular weight excluding hydrogens is 336 g/mol. The van der Waals surface area contributed by atoms with Gasteiger partial charge in [0, 0.05) is 24.1 Å². The third kappa shape index (κ3) is 3.83. The lowest BCUT2D eigenvalue weighted by Gasteiger charge is -2.34. The molecule has 1 aliphatic heterocycles. The van der Waals surface area contributed by atoms with Crippen molar-refractivity contribution in [2.75, 3.05) is 32.7 Å². The second-order valence-electron chi connectivity index (χ2n) is 5.32. The smallest absolute Gasteiger partial charge is 0.265 e. The Balaban J connectivity index is 1.85. The number of likely N-dealkylation sites (tertiary alicyclic amines) is 1. The van der Waals surface area contributed by atoms with E-state index < -0.39 is 0 Å². The fourth-order valence-electron chi connectivity index (χ4n) is 2.76. The lowest BCUT2D eigenvalue weighted by atomic mass is 9.96. The molecule has 1 saturated heterocycles. The van der Waals surface area contributed by atoms with Gasteiger partial charge in [-0.2, -0.15) is 0 Å². The van der Waals surface area contributed by atoms with E-state index in [1.54, 1.807) is 0 Å². The first kappa shape index (κ1) is 16.0. The van der Waals surface area contributed by atoms with Crippen LogP contribution in [0, 0.1) is 5.92 Å². The molecule has 2 rings (SSSR count). The number of nitrogens with zero attached hydrogens (tertiary/aromatic N) is 2. The Hall–Kier alpha value is -0.390. The molecule has 1 fully saturated rings. The van der Waals surface area contributed by atoms with Gasteiger partial charge >= 0.3 is 0 Å². The van der Waals surface area contributed by atoms with Crippen LogP contribution in [0.25, 0.3) is 0 Å². The molecule has 0 unspecified atom stereocenters. The van der Waals surface area contributed by atoms with E-state index >= 15 is 0 Å². The van der Waals surface area contributed by atoms with Gasteiger partial charge in [-0.05, 0) is 59.2 Å². The van der Waals surface area contributed by atoms with E-state index in [0.717, 1.165) is 54.3 Å². The van der Waals surface area contributed by atoms with Gasteiger partial charge in [0.15, 0.2) is 0 Å². The highest BCUT2D eigenvalue weighted by Crippen LogP contribution is 2.26. The van der Waals surface area contributed by atoms with Crippen LogP contribution in [0.1, 0.15) is 36.4 Å². The van der Waals surface area contributed by atoms with Crippen LogP contribution in [0.15, 0.2) is 15.9 Å². The van der Waals surface area contributed by atoms with E-state index in [2.05, 4.69) is 34.7 Å². The SMILES string of the molecule is CCN(CC)CC1CCN(C(=O)c2sccc2Br)CC1. The maximum atomic E-state index is 12.4. The van der Waals surface area contributed by atoms with Gasteiger partial charge in [-0.1, -0.05) is 13.8 Å².